The Bertz CT molecular complexity index is 749. The topological polar surface area (TPSA) is 38.1 Å². The van der Waals surface area contributed by atoms with Gasteiger partial charge in [-0.15, -0.1) is 0 Å². The van der Waals surface area contributed by atoms with Crippen LogP contribution in [0.15, 0.2) is 48.5 Å². The van der Waals surface area contributed by atoms with Crippen molar-refractivity contribution in [2.24, 2.45) is 0 Å². The largest absolute Gasteiger partial charge is 0.385 e. The van der Waals surface area contributed by atoms with Gasteiger partial charge in [-0.2, -0.15) is 0 Å². The average Bonchev–Trinajstić information content (AvgIpc) is 2.81. The number of fused-ring (bicyclic) bond motifs is 1. The summed E-state index contributed by atoms with van der Waals surface area (Å²) >= 11 is 6.23. The standard InChI is InChI=1S/C16H15ClN2O/c1-11(20)16-18-14-8-4-5-9-15(14)19(16)10-12-6-2-3-7-13(12)17/h2-9,11,20H,10H2,1H3. The molecule has 3 nitrogen and oxygen atoms in total. The van der Waals surface area contributed by atoms with Gasteiger partial charge in [-0.25, -0.2) is 4.98 Å². The Morgan fingerprint density at radius 3 is 2.60 bits per heavy atom. The summed E-state index contributed by atoms with van der Waals surface area (Å²) in [5.41, 5.74) is 2.90. The highest BCUT2D eigenvalue weighted by molar-refractivity contribution is 6.31. The summed E-state index contributed by atoms with van der Waals surface area (Å²) in [5.74, 6) is 0.658. The molecule has 0 fully saturated rings. The number of aromatic nitrogens is 2. The van der Waals surface area contributed by atoms with Crippen LogP contribution >= 0.6 is 11.6 Å². The lowest BCUT2D eigenvalue weighted by molar-refractivity contribution is 0.185. The molecular weight excluding hydrogens is 272 g/mol. The third-order valence-corrected chi connectivity index (χ3v) is 3.71. The minimum atomic E-state index is -0.620. The van der Waals surface area contributed by atoms with Crippen LogP contribution in [0.25, 0.3) is 11.0 Å². The van der Waals surface area contributed by atoms with Crippen LogP contribution in [-0.4, -0.2) is 14.7 Å². The molecule has 0 amide bonds. The molecule has 20 heavy (non-hydrogen) atoms. The lowest BCUT2D eigenvalue weighted by Gasteiger charge is -2.12. The van der Waals surface area contributed by atoms with Crippen molar-refractivity contribution in [3.8, 4) is 0 Å². The number of aliphatic hydroxyl groups excluding tert-OH is 1. The zero-order valence-electron chi connectivity index (χ0n) is 11.1. The Morgan fingerprint density at radius 1 is 1.15 bits per heavy atom. The zero-order chi connectivity index (χ0) is 14.1. The third-order valence-electron chi connectivity index (χ3n) is 3.34. The van der Waals surface area contributed by atoms with E-state index in [2.05, 4.69) is 4.98 Å². The summed E-state index contributed by atoms with van der Waals surface area (Å²) in [6.07, 6.45) is -0.620. The van der Waals surface area contributed by atoms with Crippen molar-refractivity contribution in [1.82, 2.24) is 9.55 Å². The minimum absolute atomic E-state index is 0.598. The van der Waals surface area contributed by atoms with E-state index < -0.39 is 6.10 Å². The first-order valence-corrected chi connectivity index (χ1v) is 6.91. The van der Waals surface area contributed by atoms with Crippen molar-refractivity contribution in [3.63, 3.8) is 0 Å². The molecule has 0 bridgehead atoms. The number of hydrogen-bond donors (Lipinski definition) is 1. The third kappa shape index (κ3) is 2.30. The van der Waals surface area contributed by atoms with E-state index in [1.807, 2.05) is 53.1 Å². The quantitative estimate of drug-likeness (QED) is 0.795. The average molecular weight is 287 g/mol. The minimum Gasteiger partial charge on any atom is -0.385 e. The number of benzene rings is 2. The molecular formula is C16H15ClN2O. The van der Waals surface area contributed by atoms with Gasteiger partial charge < -0.3 is 9.67 Å². The van der Waals surface area contributed by atoms with Gasteiger partial charge in [0.05, 0.1) is 17.6 Å². The molecule has 0 aliphatic rings. The number of aliphatic hydroxyl groups is 1. The van der Waals surface area contributed by atoms with E-state index in [1.54, 1.807) is 6.92 Å². The van der Waals surface area contributed by atoms with Crippen LogP contribution in [0.3, 0.4) is 0 Å². The number of hydrogen-bond acceptors (Lipinski definition) is 2. The van der Waals surface area contributed by atoms with Crippen LogP contribution in [0.1, 0.15) is 24.4 Å². The summed E-state index contributed by atoms with van der Waals surface area (Å²) < 4.78 is 2.02. The number of imidazole rings is 1. The highest BCUT2D eigenvalue weighted by atomic mass is 35.5. The number of para-hydroxylation sites is 2. The first-order valence-electron chi connectivity index (χ1n) is 6.53. The van der Waals surface area contributed by atoms with Gasteiger partial charge in [0.25, 0.3) is 0 Å². The summed E-state index contributed by atoms with van der Waals surface area (Å²) in [6.45, 7) is 2.32. The van der Waals surface area contributed by atoms with E-state index in [9.17, 15) is 5.11 Å². The summed E-state index contributed by atoms with van der Waals surface area (Å²) in [6, 6.07) is 15.6. The second-order valence-electron chi connectivity index (χ2n) is 4.81. The highest BCUT2D eigenvalue weighted by Crippen LogP contribution is 2.24. The monoisotopic (exact) mass is 286 g/mol. The van der Waals surface area contributed by atoms with E-state index in [-0.39, 0.29) is 0 Å². The fourth-order valence-corrected chi connectivity index (χ4v) is 2.57. The molecule has 0 saturated heterocycles. The van der Waals surface area contributed by atoms with E-state index in [4.69, 9.17) is 11.6 Å². The zero-order valence-corrected chi connectivity index (χ0v) is 11.9. The van der Waals surface area contributed by atoms with Crippen LogP contribution in [0.2, 0.25) is 5.02 Å². The summed E-state index contributed by atoms with van der Waals surface area (Å²) in [4.78, 5) is 4.51. The molecule has 1 aromatic heterocycles. The van der Waals surface area contributed by atoms with Crippen LogP contribution in [0.4, 0.5) is 0 Å². The lowest BCUT2D eigenvalue weighted by atomic mass is 10.2. The fraction of sp³-hybridized carbons (Fsp3) is 0.188. The maximum absolute atomic E-state index is 9.94. The molecule has 0 aliphatic carbocycles. The fourth-order valence-electron chi connectivity index (χ4n) is 2.38. The molecule has 2 aromatic carbocycles. The van der Waals surface area contributed by atoms with Gasteiger partial charge >= 0.3 is 0 Å². The SMILES string of the molecule is CC(O)c1nc2ccccc2n1Cc1ccccc1Cl. The number of halogens is 1. The van der Waals surface area contributed by atoms with E-state index in [0.717, 1.165) is 21.6 Å². The Morgan fingerprint density at radius 2 is 1.85 bits per heavy atom. The molecule has 0 spiro atoms. The van der Waals surface area contributed by atoms with Crippen LogP contribution in [-0.2, 0) is 6.54 Å². The smallest absolute Gasteiger partial charge is 0.138 e. The van der Waals surface area contributed by atoms with Gasteiger partial charge in [-0.1, -0.05) is 41.9 Å². The summed E-state index contributed by atoms with van der Waals surface area (Å²) in [5, 5.41) is 10.7. The Kier molecular flexibility index (Phi) is 3.47. The van der Waals surface area contributed by atoms with Crippen LogP contribution in [0, 0.1) is 0 Å². The second-order valence-corrected chi connectivity index (χ2v) is 5.22. The van der Waals surface area contributed by atoms with Gasteiger partial charge in [0.1, 0.15) is 11.9 Å². The predicted octanol–water partition coefficient (Wildman–Crippen LogP) is 3.79. The first kappa shape index (κ1) is 13.2. The predicted molar refractivity (Wildman–Crippen MR) is 80.9 cm³/mol. The Hall–Kier alpha value is -1.84. The highest BCUT2D eigenvalue weighted by Gasteiger charge is 2.15. The van der Waals surface area contributed by atoms with Gasteiger partial charge in [0.2, 0.25) is 0 Å². The van der Waals surface area contributed by atoms with Crippen molar-refractivity contribution in [2.45, 2.75) is 19.6 Å². The van der Waals surface area contributed by atoms with Gasteiger partial charge in [0.15, 0.2) is 0 Å². The van der Waals surface area contributed by atoms with Gasteiger partial charge in [0, 0.05) is 5.02 Å². The van der Waals surface area contributed by atoms with Crippen LogP contribution < -0.4 is 0 Å². The molecule has 0 aliphatic heterocycles. The molecule has 0 saturated carbocycles. The van der Waals surface area contributed by atoms with Crippen molar-refractivity contribution in [2.75, 3.05) is 0 Å². The maximum atomic E-state index is 9.94. The van der Waals surface area contributed by atoms with Gasteiger partial charge in [-0.05, 0) is 30.7 Å². The van der Waals surface area contributed by atoms with Gasteiger partial charge in [-0.3, -0.25) is 0 Å². The number of nitrogens with zero attached hydrogens (tertiary/aromatic N) is 2. The second kappa shape index (κ2) is 5.27. The summed E-state index contributed by atoms with van der Waals surface area (Å²) in [7, 11) is 0. The first-order chi connectivity index (χ1) is 9.66. The Balaban J connectivity index is 2.14. The molecule has 4 heteroatoms. The lowest BCUT2D eigenvalue weighted by Crippen LogP contribution is -2.08. The molecule has 1 atom stereocenters. The van der Waals surface area contributed by atoms with Crippen molar-refractivity contribution < 1.29 is 5.11 Å². The van der Waals surface area contributed by atoms with E-state index in [0.29, 0.717) is 12.4 Å². The van der Waals surface area contributed by atoms with E-state index >= 15 is 0 Å². The van der Waals surface area contributed by atoms with Crippen molar-refractivity contribution in [3.05, 3.63) is 64.9 Å². The molecule has 102 valence electrons. The molecule has 1 unspecified atom stereocenters. The number of rotatable bonds is 3. The van der Waals surface area contributed by atoms with Crippen molar-refractivity contribution in [1.29, 1.82) is 0 Å². The van der Waals surface area contributed by atoms with E-state index in [1.165, 1.54) is 0 Å². The molecule has 3 rings (SSSR count). The van der Waals surface area contributed by atoms with Crippen LogP contribution in [0.5, 0.6) is 0 Å². The van der Waals surface area contributed by atoms with Crippen molar-refractivity contribution >= 4 is 22.6 Å². The maximum Gasteiger partial charge on any atom is 0.138 e. The Labute approximate surface area is 122 Å². The molecule has 1 heterocycles. The normalized spacial score (nSPS) is 12.8. The molecule has 1 N–H and O–H groups in total. The molecule has 3 aromatic rings. The molecule has 0 radical (unpaired) electrons.